The molecule has 8 heteroatoms. The zero-order valence-electron chi connectivity index (χ0n) is 21.7. The Balaban J connectivity index is 1.32. The van der Waals surface area contributed by atoms with E-state index in [1.54, 1.807) is 7.11 Å². The first-order valence-electron chi connectivity index (χ1n) is 13.0. The van der Waals surface area contributed by atoms with Crippen LogP contribution < -0.4 is 9.64 Å². The summed E-state index contributed by atoms with van der Waals surface area (Å²) >= 11 is 0. The van der Waals surface area contributed by atoms with Crippen molar-refractivity contribution in [1.82, 2.24) is 24.5 Å². The average molecular weight is 507 g/mol. The van der Waals surface area contributed by atoms with Crippen molar-refractivity contribution in [2.45, 2.75) is 19.8 Å². The van der Waals surface area contributed by atoms with Gasteiger partial charge in [0.1, 0.15) is 5.75 Å². The third-order valence-corrected chi connectivity index (χ3v) is 7.16. The predicted molar refractivity (Wildman–Crippen MR) is 149 cm³/mol. The van der Waals surface area contributed by atoms with Gasteiger partial charge in [0.25, 0.3) is 0 Å². The summed E-state index contributed by atoms with van der Waals surface area (Å²) in [6.45, 7) is 4.87. The number of aryl methyl sites for hydroxylation is 1. The minimum Gasteiger partial charge on any atom is -0.497 e. The summed E-state index contributed by atoms with van der Waals surface area (Å²) in [5, 5.41) is 10.2. The van der Waals surface area contributed by atoms with E-state index in [1.807, 2.05) is 53.4 Å². The fraction of sp³-hybridized carbons (Fsp3) is 0.267. The van der Waals surface area contributed by atoms with Crippen LogP contribution in [0.1, 0.15) is 17.5 Å². The number of anilines is 1. The van der Waals surface area contributed by atoms with Gasteiger partial charge in [-0.15, -0.1) is 10.2 Å². The molecule has 2 aromatic heterocycles. The summed E-state index contributed by atoms with van der Waals surface area (Å²) < 4.78 is 7.39. The third-order valence-electron chi connectivity index (χ3n) is 7.16. The number of methoxy groups -OCH3 is 1. The Morgan fingerprint density at radius 2 is 1.76 bits per heavy atom. The Labute approximate surface area is 221 Å². The van der Waals surface area contributed by atoms with Crippen molar-refractivity contribution in [2.75, 3.05) is 38.2 Å². The van der Waals surface area contributed by atoms with Gasteiger partial charge in [0.15, 0.2) is 11.5 Å². The number of aromatic nitrogens is 4. The van der Waals surface area contributed by atoms with Gasteiger partial charge in [-0.1, -0.05) is 54.1 Å². The van der Waals surface area contributed by atoms with Gasteiger partial charge in [0.2, 0.25) is 11.9 Å². The van der Waals surface area contributed by atoms with Gasteiger partial charge in [0, 0.05) is 37.1 Å². The van der Waals surface area contributed by atoms with E-state index in [0.717, 1.165) is 58.2 Å². The molecule has 5 aromatic rings. The standard InChI is InChI=1S/C30H30N6O2/c1-21-11-13-23(14-12-21)28-32-33-29-25-9-3-4-10-26(25)31-30(36(28)29)35-16-6-15-34(17-18-35)27(37)20-22-7-5-8-24(19-22)38-2/h3-5,7-14,19H,6,15-18,20H2,1-2H3. The summed E-state index contributed by atoms with van der Waals surface area (Å²) in [7, 11) is 1.64. The Kier molecular flexibility index (Phi) is 6.37. The number of carbonyl (C=O) groups is 1. The fourth-order valence-electron chi connectivity index (χ4n) is 5.10. The van der Waals surface area contributed by atoms with E-state index >= 15 is 0 Å². The lowest BCUT2D eigenvalue weighted by molar-refractivity contribution is -0.130. The molecule has 8 nitrogen and oxygen atoms in total. The predicted octanol–water partition coefficient (Wildman–Crippen LogP) is 4.54. The molecule has 0 N–H and O–H groups in total. The van der Waals surface area contributed by atoms with Gasteiger partial charge < -0.3 is 14.5 Å². The van der Waals surface area contributed by atoms with Crippen LogP contribution in [-0.2, 0) is 11.2 Å². The van der Waals surface area contributed by atoms with Gasteiger partial charge >= 0.3 is 0 Å². The molecule has 0 spiro atoms. The van der Waals surface area contributed by atoms with E-state index in [9.17, 15) is 4.79 Å². The summed E-state index contributed by atoms with van der Waals surface area (Å²) in [5.41, 5.74) is 4.81. The molecular weight excluding hydrogens is 476 g/mol. The molecule has 0 aliphatic carbocycles. The minimum atomic E-state index is 0.126. The van der Waals surface area contributed by atoms with Crippen LogP contribution in [0.3, 0.4) is 0 Å². The monoisotopic (exact) mass is 506 g/mol. The van der Waals surface area contributed by atoms with Crippen LogP contribution in [0.4, 0.5) is 5.95 Å². The maximum absolute atomic E-state index is 13.2. The summed E-state index contributed by atoms with van der Waals surface area (Å²) in [4.78, 5) is 22.5. The molecule has 192 valence electrons. The van der Waals surface area contributed by atoms with Crippen molar-refractivity contribution >= 4 is 28.4 Å². The van der Waals surface area contributed by atoms with Crippen molar-refractivity contribution in [3.8, 4) is 17.1 Å². The van der Waals surface area contributed by atoms with Crippen LogP contribution >= 0.6 is 0 Å². The van der Waals surface area contributed by atoms with E-state index < -0.39 is 0 Å². The van der Waals surface area contributed by atoms with Gasteiger partial charge in [-0.25, -0.2) is 9.38 Å². The second-order valence-corrected chi connectivity index (χ2v) is 9.73. The van der Waals surface area contributed by atoms with E-state index in [2.05, 4.69) is 50.7 Å². The first kappa shape index (κ1) is 23.9. The molecule has 3 aromatic carbocycles. The van der Waals surface area contributed by atoms with Gasteiger partial charge in [-0.05, 0) is 43.2 Å². The maximum Gasteiger partial charge on any atom is 0.227 e. The highest BCUT2D eigenvalue weighted by molar-refractivity contribution is 5.93. The SMILES string of the molecule is COc1cccc(CC(=O)N2CCCN(c3nc4ccccc4c4nnc(-c5ccc(C)cc5)n34)CC2)c1. The fourth-order valence-corrected chi connectivity index (χ4v) is 5.10. The lowest BCUT2D eigenvalue weighted by Crippen LogP contribution is -2.36. The van der Waals surface area contributed by atoms with Crippen molar-refractivity contribution < 1.29 is 9.53 Å². The van der Waals surface area contributed by atoms with Crippen LogP contribution in [0.5, 0.6) is 5.75 Å². The lowest BCUT2D eigenvalue weighted by Gasteiger charge is -2.24. The topological polar surface area (TPSA) is 75.9 Å². The first-order valence-corrected chi connectivity index (χ1v) is 13.0. The number of rotatable bonds is 5. The molecule has 6 rings (SSSR count). The Hall–Kier alpha value is -4.46. The highest BCUT2D eigenvalue weighted by atomic mass is 16.5. The van der Waals surface area contributed by atoms with Crippen LogP contribution in [0.2, 0.25) is 0 Å². The number of hydrogen-bond donors (Lipinski definition) is 0. The summed E-state index contributed by atoms with van der Waals surface area (Å²) in [6.07, 6.45) is 1.21. The Morgan fingerprint density at radius 3 is 2.61 bits per heavy atom. The molecule has 1 aliphatic rings. The van der Waals surface area contributed by atoms with Gasteiger partial charge in [-0.2, -0.15) is 0 Å². The second-order valence-electron chi connectivity index (χ2n) is 9.73. The minimum absolute atomic E-state index is 0.126. The summed E-state index contributed by atoms with van der Waals surface area (Å²) in [5.74, 6) is 2.47. The Bertz CT molecular complexity index is 1610. The molecule has 0 atom stereocenters. The molecule has 38 heavy (non-hydrogen) atoms. The number of ether oxygens (including phenoxy) is 1. The number of benzene rings is 3. The number of hydrogen-bond acceptors (Lipinski definition) is 6. The van der Waals surface area contributed by atoms with Crippen molar-refractivity contribution in [1.29, 1.82) is 0 Å². The van der Waals surface area contributed by atoms with Crippen LogP contribution in [-0.4, -0.2) is 63.7 Å². The molecule has 1 fully saturated rings. The molecule has 1 saturated heterocycles. The molecule has 1 aliphatic heterocycles. The smallest absolute Gasteiger partial charge is 0.227 e. The quantitative estimate of drug-likeness (QED) is 0.348. The van der Waals surface area contributed by atoms with Crippen molar-refractivity contribution in [3.05, 3.63) is 83.9 Å². The number of carbonyl (C=O) groups excluding carboxylic acids is 1. The van der Waals surface area contributed by atoms with Gasteiger partial charge in [-0.3, -0.25) is 4.79 Å². The average Bonchev–Trinajstić information content (AvgIpc) is 3.24. The van der Waals surface area contributed by atoms with E-state index in [-0.39, 0.29) is 5.91 Å². The maximum atomic E-state index is 13.2. The van der Waals surface area contributed by atoms with Crippen LogP contribution in [0.25, 0.3) is 27.9 Å². The highest BCUT2D eigenvalue weighted by Crippen LogP contribution is 2.29. The van der Waals surface area contributed by atoms with E-state index in [0.29, 0.717) is 26.1 Å². The normalized spacial score (nSPS) is 14.2. The highest BCUT2D eigenvalue weighted by Gasteiger charge is 2.24. The number of nitrogens with zero attached hydrogens (tertiary/aromatic N) is 6. The largest absolute Gasteiger partial charge is 0.497 e. The molecule has 0 saturated carbocycles. The number of para-hydroxylation sites is 1. The second kappa shape index (κ2) is 10.1. The van der Waals surface area contributed by atoms with Crippen molar-refractivity contribution in [2.24, 2.45) is 0 Å². The Morgan fingerprint density at radius 1 is 0.921 bits per heavy atom. The van der Waals surface area contributed by atoms with Crippen LogP contribution in [0, 0.1) is 6.92 Å². The zero-order chi connectivity index (χ0) is 26.1. The molecule has 3 heterocycles. The molecular formula is C30H30N6O2. The lowest BCUT2D eigenvalue weighted by atomic mass is 10.1. The van der Waals surface area contributed by atoms with E-state index in [1.165, 1.54) is 5.56 Å². The number of amides is 1. The molecule has 0 bridgehead atoms. The number of fused-ring (bicyclic) bond motifs is 3. The molecule has 1 amide bonds. The third kappa shape index (κ3) is 4.53. The first-order chi connectivity index (χ1) is 18.6. The molecule has 0 unspecified atom stereocenters. The summed E-state index contributed by atoms with van der Waals surface area (Å²) in [6, 6.07) is 24.1. The van der Waals surface area contributed by atoms with E-state index in [4.69, 9.17) is 9.72 Å². The van der Waals surface area contributed by atoms with Crippen LogP contribution in [0.15, 0.2) is 72.8 Å². The van der Waals surface area contributed by atoms with Gasteiger partial charge in [0.05, 0.1) is 19.0 Å². The zero-order valence-corrected chi connectivity index (χ0v) is 21.7. The molecule has 0 radical (unpaired) electrons. The van der Waals surface area contributed by atoms with Crippen molar-refractivity contribution in [3.63, 3.8) is 0 Å².